The lowest BCUT2D eigenvalue weighted by molar-refractivity contribution is -0.127. The molecule has 0 unspecified atom stereocenters. The van der Waals surface area contributed by atoms with Crippen molar-refractivity contribution < 1.29 is 13.9 Å². The molecule has 0 aliphatic carbocycles. The predicted molar refractivity (Wildman–Crippen MR) is 110 cm³/mol. The quantitative estimate of drug-likeness (QED) is 0.636. The van der Waals surface area contributed by atoms with Gasteiger partial charge in [0.05, 0.1) is 7.11 Å². The molecule has 1 amide bonds. The van der Waals surface area contributed by atoms with Crippen molar-refractivity contribution in [2.24, 2.45) is 0 Å². The minimum absolute atomic E-state index is 0.0202. The van der Waals surface area contributed by atoms with Gasteiger partial charge in [0.2, 0.25) is 5.91 Å². The van der Waals surface area contributed by atoms with Crippen molar-refractivity contribution in [2.45, 2.75) is 6.54 Å². The van der Waals surface area contributed by atoms with Crippen molar-refractivity contribution in [1.29, 1.82) is 0 Å². The molecule has 1 aliphatic heterocycles. The number of rotatable bonds is 5. The van der Waals surface area contributed by atoms with Crippen molar-refractivity contribution in [3.63, 3.8) is 0 Å². The molecule has 2 heterocycles. The monoisotopic (exact) mass is 376 g/mol. The topological polar surface area (TPSA) is 45.9 Å². The van der Waals surface area contributed by atoms with Gasteiger partial charge in [-0.3, -0.25) is 9.69 Å². The number of piperazine rings is 1. The first-order valence-electron chi connectivity index (χ1n) is 9.53. The maximum absolute atomic E-state index is 12.5. The zero-order chi connectivity index (χ0) is 19.3. The summed E-state index contributed by atoms with van der Waals surface area (Å²) in [6.07, 6.45) is 3.33. The van der Waals surface area contributed by atoms with Crippen LogP contribution >= 0.6 is 0 Å². The number of furan rings is 1. The largest absolute Gasteiger partial charge is 0.493 e. The molecule has 4 rings (SSSR count). The van der Waals surface area contributed by atoms with E-state index in [9.17, 15) is 4.79 Å². The summed E-state index contributed by atoms with van der Waals surface area (Å²) in [5.41, 5.74) is 2.01. The third-order valence-electron chi connectivity index (χ3n) is 5.07. The van der Waals surface area contributed by atoms with Crippen molar-refractivity contribution >= 4 is 23.0 Å². The molecule has 3 aromatic rings. The SMILES string of the molecule is COc1cccc2cc(C=CC(=O)N3CCN(Cc4ccccc4)CC3)oc12. The lowest BCUT2D eigenvalue weighted by atomic mass is 10.2. The van der Waals surface area contributed by atoms with Crippen LogP contribution in [0, 0.1) is 0 Å². The number of carbonyl (C=O) groups excluding carboxylic acids is 1. The first-order chi connectivity index (χ1) is 13.7. The first-order valence-corrected chi connectivity index (χ1v) is 9.53. The molecule has 1 aliphatic rings. The van der Waals surface area contributed by atoms with Crippen LogP contribution in [0.25, 0.3) is 17.0 Å². The van der Waals surface area contributed by atoms with Crippen LogP contribution in [0.2, 0.25) is 0 Å². The average Bonchev–Trinajstić information content (AvgIpc) is 3.16. The van der Waals surface area contributed by atoms with E-state index in [0.29, 0.717) is 17.1 Å². The second-order valence-electron chi connectivity index (χ2n) is 6.95. The fraction of sp³-hybridized carbons (Fsp3) is 0.261. The van der Waals surface area contributed by atoms with Gasteiger partial charge in [-0.2, -0.15) is 0 Å². The molecule has 0 radical (unpaired) electrons. The summed E-state index contributed by atoms with van der Waals surface area (Å²) in [6, 6.07) is 18.1. The van der Waals surface area contributed by atoms with Crippen molar-refractivity contribution in [3.05, 3.63) is 72.0 Å². The van der Waals surface area contributed by atoms with E-state index >= 15 is 0 Å². The van der Waals surface area contributed by atoms with E-state index in [4.69, 9.17) is 9.15 Å². The molecule has 28 heavy (non-hydrogen) atoms. The number of benzene rings is 2. The van der Waals surface area contributed by atoms with Gasteiger partial charge in [-0.05, 0) is 23.8 Å². The number of amides is 1. The number of carbonyl (C=O) groups is 1. The van der Waals surface area contributed by atoms with Crippen LogP contribution in [0.5, 0.6) is 5.75 Å². The Bertz CT molecular complexity index is 970. The minimum atomic E-state index is 0.0202. The molecule has 0 bridgehead atoms. The van der Waals surface area contributed by atoms with Gasteiger partial charge in [0.1, 0.15) is 5.76 Å². The standard InChI is InChI=1S/C23H24N2O3/c1-27-21-9-5-8-19-16-20(28-23(19)21)10-11-22(26)25-14-12-24(13-15-25)17-18-6-3-2-4-7-18/h2-11,16H,12-15,17H2,1H3. The van der Waals surface area contributed by atoms with E-state index in [2.05, 4.69) is 29.2 Å². The van der Waals surface area contributed by atoms with E-state index in [1.54, 1.807) is 19.3 Å². The van der Waals surface area contributed by atoms with Crippen LogP contribution in [0.1, 0.15) is 11.3 Å². The fourth-order valence-corrected chi connectivity index (χ4v) is 3.53. The summed E-state index contributed by atoms with van der Waals surface area (Å²) in [6.45, 7) is 4.18. The van der Waals surface area contributed by atoms with E-state index in [-0.39, 0.29) is 5.91 Å². The molecule has 1 fully saturated rings. The number of methoxy groups -OCH3 is 1. The molecule has 1 aromatic heterocycles. The van der Waals surface area contributed by atoms with Gasteiger partial charge >= 0.3 is 0 Å². The van der Waals surface area contributed by atoms with Gasteiger partial charge < -0.3 is 14.1 Å². The summed E-state index contributed by atoms with van der Waals surface area (Å²) >= 11 is 0. The highest BCUT2D eigenvalue weighted by atomic mass is 16.5. The third kappa shape index (κ3) is 4.10. The molecular formula is C23H24N2O3. The van der Waals surface area contributed by atoms with Crippen LogP contribution in [0.15, 0.2) is 65.1 Å². The molecule has 1 saturated heterocycles. The molecule has 5 nitrogen and oxygen atoms in total. The van der Waals surface area contributed by atoms with Crippen LogP contribution in [-0.4, -0.2) is 49.0 Å². The van der Waals surface area contributed by atoms with Crippen molar-refractivity contribution in [1.82, 2.24) is 9.80 Å². The van der Waals surface area contributed by atoms with Crippen LogP contribution < -0.4 is 4.74 Å². The number of nitrogens with zero attached hydrogens (tertiary/aromatic N) is 2. The molecule has 5 heteroatoms. The summed E-state index contributed by atoms with van der Waals surface area (Å²) in [4.78, 5) is 16.8. The molecule has 0 atom stereocenters. The van der Waals surface area contributed by atoms with Crippen molar-refractivity contribution in [3.8, 4) is 5.75 Å². The number of fused-ring (bicyclic) bond motifs is 1. The zero-order valence-electron chi connectivity index (χ0n) is 16.0. The molecule has 2 aromatic carbocycles. The average molecular weight is 376 g/mol. The molecule has 0 saturated carbocycles. The predicted octanol–water partition coefficient (Wildman–Crippen LogP) is 3.80. The van der Waals surface area contributed by atoms with Crippen LogP contribution in [-0.2, 0) is 11.3 Å². The van der Waals surface area contributed by atoms with Gasteiger partial charge in [0, 0.05) is 44.2 Å². The highest BCUT2D eigenvalue weighted by Gasteiger charge is 2.19. The molecular weight excluding hydrogens is 352 g/mol. The Hall–Kier alpha value is -3.05. The minimum Gasteiger partial charge on any atom is -0.493 e. The van der Waals surface area contributed by atoms with Gasteiger partial charge in [-0.15, -0.1) is 0 Å². The maximum Gasteiger partial charge on any atom is 0.246 e. The normalized spacial score (nSPS) is 15.4. The second-order valence-corrected chi connectivity index (χ2v) is 6.95. The Morgan fingerprint density at radius 3 is 2.61 bits per heavy atom. The lowest BCUT2D eigenvalue weighted by Crippen LogP contribution is -2.47. The third-order valence-corrected chi connectivity index (χ3v) is 5.07. The van der Waals surface area contributed by atoms with Gasteiger partial charge in [0.25, 0.3) is 0 Å². The Kier molecular flexibility index (Phi) is 5.44. The maximum atomic E-state index is 12.5. The molecule has 0 spiro atoms. The highest BCUT2D eigenvalue weighted by molar-refractivity contribution is 5.92. The van der Waals surface area contributed by atoms with Crippen LogP contribution in [0.3, 0.4) is 0 Å². The van der Waals surface area contributed by atoms with E-state index < -0.39 is 0 Å². The van der Waals surface area contributed by atoms with Crippen molar-refractivity contribution in [2.75, 3.05) is 33.3 Å². The van der Waals surface area contributed by atoms with Crippen LogP contribution in [0.4, 0.5) is 0 Å². The fourth-order valence-electron chi connectivity index (χ4n) is 3.53. The Balaban J connectivity index is 1.34. The Morgan fingerprint density at radius 1 is 1.07 bits per heavy atom. The summed E-state index contributed by atoms with van der Waals surface area (Å²) in [5, 5.41) is 0.959. The lowest BCUT2D eigenvalue weighted by Gasteiger charge is -2.34. The molecule has 0 N–H and O–H groups in total. The smallest absolute Gasteiger partial charge is 0.246 e. The number of hydrogen-bond acceptors (Lipinski definition) is 4. The molecule has 144 valence electrons. The number of ether oxygens (including phenoxy) is 1. The number of hydrogen-bond donors (Lipinski definition) is 0. The van der Waals surface area contributed by atoms with E-state index in [1.807, 2.05) is 35.2 Å². The van der Waals surface area contributed by atoms with E-state index in [0.717, 1.165) is 38.1 Å². The summed E-state index contributed by atoms with van der Waals surface area (Å²) in [5.74, 6) is 1.36. The Morgan fingerprint density at radius 2 is 1.86 bits per heavy atom. The summed E-state index contributed by atoms with van der Waals surface area (Å²) < 4.78 is 11.1. The van der Waals surface area contributed by atoms with Gasteiger partial charge in [0.15, 0.2) is 11.3 Å². The first kappa shape index (κ1) is 18.3. The number of para-hydroxylation sites is 1. The second kappa shape index (κ2) is 8.31. The Labute approximate surface area is 164 Å². The summed E-state index contributed by atoms with van der Waals surface area (Å²) in [7, 11) is 1.62. The van der Waals surface area contributed by atoms with E-state index in [1.165, 1.54) is 5.56 Å². The van der Waals surface area contributed by atoms with Gasteiger partial charge in [-0.25, -0.2) is 0 Å². The highest BCUT2D eigenvalue weighted by Crippen LogP contribution is 2.28. The zero-order valence-corrected chi connectivity index (χ0v) is 16.0. The van der Waals surface area contributed by atoms with Gasteiger partial charge in [-0.1, -0.05) is 42.5 Å².